The van der Waals surface area contributed by atoms with Gasteiger partial charge in [-0.3, -0.25) is 0 Å². The summed E-state index contributed by atoms with van der Waals surface area (Å²) >= 11 is 5.15. The van der Waals surface area contributed by atoms with E-state index < -0.39 is 5.56 Å². The van der Waals surface area contributed by atoms with Crippen LogP contribution in [-0.2, 0) is 0 Å². The van der Waals surface area contributed by atoms with Crippen molar-refractivity contribution in [1.29, 1.82) is 0 Å². The third-order valence-electron chi connectivity index (χ3n) is 0.677. The third-order valence-corrected chi connectivity index (χ3v) is 0.895. The van der Waals surface area contributed by atoms with Gasteiger partial charge in [0.2, 0.25) is 0 Å². The Kier molecular flexibility index (Phi) is 4.81. The quantitative estimate of drug-likeness (QED) is 0.455. The van der Waals surface area contributed by atoms with Crippen molar-refractivity contribution in [3.05, 3.63) is 12.3 Å². The molecule has 0 saturated heterocycles. The molecule has 0 amide bonds. The van der Waals surface area contributed by atoms with Gasteiger partial charge < -0.3 is 10.2 Å². The van der Waals surface area contributed by atoms with Gasteiger partial charge in [0.15, 0.2) is 0 Å². The average Bonchev–Trinajstić information content (AvgIpc) is 1.66. The summed E-state index contributed by atoms with van der Waals surface area (Å²) in [7, 11) is 0. The molecule has 0 aromatic rings. The first kappa shape index (κ1) is 7.79. The van der Waals surface area contributed by atoms with Crippen molar-refractivity contribution in [3.8, 4) is 0 Å². The Morgan fingerprint density at radius 2 is 2.25 bits per heavy atom. The SMILES string of the molecule is OC=CCCC(O)Cl. The maximum atomic E-state index is 8.43. The van der Waals surface area contributed by atoms with Crippen LogP contribution >= 0.6 is 11.6 Å². The van der Waals surface area contributed by atoms with Crippen molar-refractivity contribution in [2.45, 2.75) is 18.4 Å². The smallest absolute Gasteiger partial charge is 0.128 e. The Balaban J connectivity index is 2.93. The minimum absolute atomic E-state index is 0.485. The van der Waals surface area contributed by atoms with Gasteiger partial charge in [0.1, 0.15) is 5.56 Å². The van der Waals surface area contributed by atoms with Gasteiger partial charge in [0.05, 0.1) is 6.26 Å². The molecule has 0 aromatic heterocycles. The van der Waals surface area contributed by atoms with Gasteiger partial charge in [-0.05, 0) is 18.9 Å². The van der Waals surface area contributed by atoms with E-state index in [1.165, 1.54) is 6.08 Å². The van der Waals surface area contributed by atoms with E-state index in [0.29, 0.717) is 12.8 Å². The first-order valence-corrected chi connectivity index (χ1v) is 2.82. The van der Waals surface area contributed by atoms with Gasteiger partial charge in [-0.25, -0.2) is 0 Å². The molecule has 2 nitrogen and oxygen atoms in total. The maximum absolute atomic E-state index is 8.43. The molecule has 0 aromatic carbocycles. The normalized spacial score (nSPS) is 14.8. The predicted octanol–water partition coefficient (Wildman–Crippen LogP) is 1.40. The standard InChI is InChI=1S/C5H9ClO2/c6-5(8)3-1-2-4-7/h2,4-5,7-8H,1,3H2. The second kappa shape index (κ2) is 4.94. The van der Waals surface area contributed by atoms with Crippen molar-refractivity contribution in [1.82, 2.24) is 0 Å². The van der Waals surface area contributed by atoms with Crippen molar-refractivity contribution < 1.29 is 10.2 Å². The van der Waals surface area contributed by atoms with E-state index in [1.807, 2.05) is 0 Å². The van der Waals surface area contributed by atoms with Gasteiger partial charge in [-0.1, -0.05) is 11.6 Å². The molecule has 48 valence electrons. The largest absolute Gasteiger partial charge is 0.516 e. The van der Waals surface area contributed by atoms with Gasteiger partial charge in [0, 0.05) is 0 Å². The number of halogens is 1. The fraction of sp³-hybridized carbons (Fsp3) is 0.600. The lowest BCUT2D eigenvalue weighted by molar-refractivity contribution is 0.247. The lowest BCUT2D eigenvalue weighted by Gasteiger charge is -1.94. The molecule has 1 unspecified atom stereocenters. The molecule has 8 heavy (non-hydrogen) atoms. The zero-order valence-electron chi connectivity index (χ0n) is 4.42. The molecule has 0 aliphatic rings. The third kappa shape index (κ3) is 5.79. The molecular formula is C5H9ClO2. The number of hydrogen-bond donors (Lipinski definition) is 2. The Hall–Kier alpha value is -0.210. The Morgan fingerprint density at radius 3 is 2.62 bits per heavy atom. The van der Waals surface area contributed by atoms with E-state index in [1.54, 1.807) is 0 Å². The highest BCUT2D eigenvalue weighted by atomic mass is 35.5. The highest BCUT2D eigenvalue weighted by molar-refractivity contribution is 6.19. The van der Waals surface area contributed by atoms with Crippen LogP contribution in [0.3, 0.4) is 0 Å². The van der Waals surface area contributed by atoms with Crippen LogP contribution in [0.4, 0.5) is 0 Å². The van der Waals surface area contributed by atoms with E-state index in [-0.39, 0.29) is 0 Å². The average molecular weight is 137 g/mol. The van der Waals surface area contributed by atoms with Gasteiger partial charge in [-0.2, -0.15) is 0 Å². The second-order valence-electron chi connectivity index (χ2n) is 1.40. The molecule has 1 atom stereocenters. The number of rotatable bonds is 3. The molecule has 3 heteroatoms. The van der Waals surface area contributed by atoms with Crippen LogP contribution in [0.15, 0.2) is 12.3 Å². The molecule has 0 radical (unpaired) electrons. The van der Waals surface area contributed by atoms with E-state index in [0.717, 1.165) is 6.26 Å². The van der Waals surface area contributed by atoms with Gasteiger partial charge >= 0.3 is 0 Å². The number of alkyl halides is 1. The molecule has 0 saturated carbocycles. The zero-order valence-corrected chi connectivity index (χ0v) is 5.17. The monoisotopic (exact) mass is 136 g/mol. The van der Waals surface area contributed by atoms with E-state index >= 15 is 0 Å². The Labute approximate surface area is 53.4 Å². The van der Waals surface area contributed by atoms with Crippen molar-refractivity contribution in [2.24, 2.45) is 0 Å². The van der Waals surface area contributed by atoms with E-state index in [2.05, 4.69) is 0 Å². The number of aliphatic hydroxyl groups excluding tert-OH is 2. The molecule has 0 heterocycles. The van der Waals surface area contributed by atoms with Crippen LogP contribution in [0.5, 0.6) is 0 Å². The predicted molar refractivity (Wildman–Crippen MR) is 32.9 cm³/mol. The zero-order chi connectivity index (χ0) is 6.41. The summed E-state index contributed by atoms with van der Waals surface area (Å²) in [5, 5.41) is 16.5. The first-order valence-electron chi connectivity index (χ1n) is 2.38. The highest BCUT2D eigenvalue weighted by Crippen LogP contribution is 2.00. The summed E-state index contributed by atoms with van der Waals surface area (Å²) in [5.41, 5.74) is -0.786. The second-order valence-corrected chi connectivity index (χ2v) is 1.90. The molecule has 0 aliphatic heterocycles. The van der Waals surface area contributed by atoms with Crippen LogP contribution in [0.2, 0.25) is 0 Å². The van der Waals surface area contributed by atoms with Crippen LogP contribution in [0, 0.1) is 0 Å². The molecular weight excluding hydrogens is 128 g/mol. The summed E-state index contributed by atoms with van der Waals surface area (Å²) in [6.45, 7) is 0. The molecule has 0 aliphatic carbocycles. The minimum atomic E-state index is -0.786. The fourth-order valence-corrected chi connectivity index (χ4v) is 0.434. The van der Waals surface area contributed by atoms with Crippen molar-refractivity contribution >= 4 is 11.6 Å². The fourth-order valence-electron chi connectivity index (χ4n) is 0.308. The van der Waals surface area contributed by atoms with Gasteiger partial charge in [-0.15, -0.1) is 0 Å². The highest BCUT2D eigenvalue weighted by Gasteiger charge is 1.92. The van der Waals surface area contributed by atoms with Crippen LogP contribution in [0.25, 0.3) is 0 Å². The van der Waals surface area contributed by atoms with Crippen LogP contribution < -0.4 is 0 Å². The lowest BCUT2D eigenvalue weighted by atomic mass is 10.3. The number of allylic oxidation sites excluding steroid dienone is 1. The number of aliphatic hydroxyl groups is 2. The lowest BCUT2D eigenvalue weighted by Crippen LogP contribution is -1.92. The molecule has 0 rings (SSSR count). The summed E-state index contributed by atoms with van der Waals surface area (Å²) in [6, 6.07) is 0. The van der Waals surface area contributed by atoms with Crippen molar-refractivity contribution in [3.63, 3.8) is 0 Å². The molecule has 0 spiro atoms. The molecule has 0 fully saturated rings. The van der Waals surface area contributed by atoms with Crippen LogP contribution in [0.1, 0.15) is 12.8 Å². The summed E-state index contributed by atoms with van der Waals surface area (Å²) in [5.74, 6) is 0. The summed E-state index contributed by atoms with van der Waals surface area (Å²) in [6.07, 6.45) is 3.57. The van der Waals surface area contributed by atoms with Crippen LogP contribution in [-0.4, -0.2) is 15.8 Å². The topological polar surface area (TPSA) is 40.5 Å². The molecule has 0 bridgehead atoms. The van der Waals surface area contributed by atoms with Crippen molar-refractivity contribution in [2.75, 3.05) is 0 Å². The minimum Gasteiger partial charge on any atom is -0.516 e. The Morgan fingerprint density at radius 1 is 1.62 bits per heavy atom. The number of hydrogen-bond acceptors (Lipinski definition) is 2. The summed E-state index contributed by atoms with van der Waals surface area (Å²) < 4.78 is 0. The van der Waals surface area contributed by atoms with Gasteiger partial charge in [0.25, 0.3) is 0 Å². The maximum Gasteiger partial charge on any atom is 0.128 e. The Bertz CT molecular complexity index is 70.8. The summed E-state index contributed by atoms with van der Waals surface area (Å²) in [4.78, 5) is 0. The van der Waals surface area contributed by atoms with E-state index in [4.69, 9.17) is 21.8 Å². The first-order chi connectivity index (χ1) is 3.77. The van der Waals surface area contributed by atoms with E-state index in [9.17, 15) is 0 Å². The molecule has 2 N–H and O–H groups in total.